The fourth-order valence-corrected chi connectivity index (χ4v) is 1.89. The van der Waals surface area contributed by atoms with E-state index in [1.54, 1.807) is 6.07 Å². The van der Waals surface area contributed by atoms with Crippen LogP contribution in [0.4, 0.5) is 5.00 Å². The Hall–Kier alpha value is -0.900. The first-order chi connectivity index (χ1) is 5.88. The summed E-state index contributed by atoms with van der Waals surface area (Å²) in [5, 5.41) is 12.5. The van der Waals surface area contributed by atoms with Crippen LogP contribution in [0, 0.1) is 15.5 Å². The molecule has 0 aliphatic carbocycles. The van der Waals surface area contributed by atoms with Gasteiger partial charge < -0.3 is 0 Å². The van der Waals surface area contributed by atoms with Crippen molar-refractivity contribution in [2.45, 2.75) is 27.2 Å². The number of hydrogen-bond donors (Lipinski definition) is 0. The summed E-state index contributed by atoms with van der Waals surface area (Å²) < 4.78 is 0. The summed E-state index contributed by atoms with van der Waals surface area (Å²) in [5.74, 6) is 0. The van der Waals surface area contributed by atoms with E-state index in [1.165, 1.54) is 11.3 Å². The highest BCUT2D eigenvalue weighted by Crippen LogP contribution is 2.28. The molecular weight excluding hydrogens is 186 g/mol. The molecule has 3 nitrogen and oxygen atoms in total. The van der Waals surface area contributed by atoms with Crippen molar-refractivity contribution in [1.82, 2.24) is 0 Å². The molecule has 0 saturated carbocycles. The molecule has 0 aliphatic heterocycles. The van der Waals surface area contributed by atoms with E-state index in [9.17, 15) is 10.1 Å². The minimum Gasteiger partial charge on any atom is -0.258 e. The first-order valence-corrected chi connectivity index (χ1v) is 4.98. The van der Waals surface area contributed by atoms with Crippen LogP contribution >= 0.6 is 11.3 Å². The van der Waals surface area contributed by atoms with Crippen molar-refractivity contribution >= 4 is 16.3 Å². The molecule has 0 unspecified atom stereocenters. The van der Waals surface area contributed by atoms with E-state index in [0.29, 0.717) is 0 Å². The van der Waals surface area contributed by atoms with Gasteiger partial charge in [0.2, 0.25) is 0 Å². The number of rotatable bonds is 2. The molecule has 0 saturated heterocycles. The molecule has 1 aromatic rings. The number of thiophene rings is 1. The second kappa shape index (κ2) is 3.46. The highest BCUT2D eigenvalue weighted by atomic mass is 32.1. The summed E-state index contributed by atoms with van der Waals surface area (Å²) in [7, 11) is 0. The first kappa shape index (κ1) is 10.2. The number of nitrogens with zero attached hydrogens (tertiary/aromatic N) is 1. The van der Waals surface area contributed by atoms with Crippen LogP contribution in [0.2, 0.25) is 0 Å². The molecule has 1 rings (SSSR count). The van der Waals surface area contributed by atoms with Crippen molar-refractivity contribution in [3.63, 3.8) is 0 Å². The molecule has 72 valence electrons. The van der Waals surface area contributed by atoms with Gasteiger partial charge in [-0.3, -0.25) is 10.1 Å². The van der Waals surface area contributed by atoms with Gasteiger partial charge in [-0.2, -0.15) is 0 Å². The molecule has 1 heterocycles. The summed E-state index contributed by atoms with van der Waals surface area (Å²) in [6, 6.07) is 1.66. The van der Waals surface area contributed by atoms with Crippen LogP contribution in [0.5, 0.6) is 0 Å². The Morgan fingerprint density at radius 3 is 2.54 bits per heavy atom. The Morgan fingerprint density at radius 2 is 2.15 bits per heavy atom. The lowest BCUT2D eigenvalue weighted by Gasteiger charge is -2.16. The normalized spacial score (nSPS) is 11.6. The van der Waals surface area contributed by atoms with Crippen LogP contribution in [0.25, 0.3) is 0 Å². The Kier molecular flexibility index (Phi) is 2.71. The van der Waals surface area contributed by atoms with Gasteiger partial charge in [0.1, 0.15) is 0 Å². The molecule has 0 radical (unpaired) electrons. The molecular formula is C9H13NO2S. The fraction of sp³-hybridized carbons (Fsp3) is 0.556. The van der Waals surface area contributed by atoms with Crippen molar-refractivity contribution < 1.29 is 4.92 Å². The van der Waals surface area contributed by atoms with E-state index in [0.717, 1.165) is 12.0 Å². The summed E-state index contributed by atoms with van der Waals surface area (Å²) in [6.07, 6.45) is 0.886. The Balaban J connectivity index is 2.75. The third-order valence-corrected chi connectivity index (χ3v) is 2.48. The lowest BCUT2D eigenvalue weighted by atomic mass is 9.89. The predicted octanol–water partition coefficient (Wildman–Crippen LogP) is 3.24. The van der Waals surface area contributed by atoms with E-state index in [2.05, 4.69) is 20.8 Å². The minimum atomic E-state index is -0.336. The summed E-state index contributed by atoms with van der Waals surface area (Å²) in [4.78, 5) is 10.1. The van der Waals surface area contributed by atoms with Gasteiger partial charge in [0, 0.05) is 11.4 Å². The maximum Gasteiger partial charge on any atom is 0.324 e. The van der Waals surface area contributed by atoms with Crippen LogP contribution in [0.3, 0.4) is 0 Å². The topological polar surface area (TPSA) is 43.1 Å². The molecule has 1 aromatic heterocycles. The average molecular weight is 199 g/mol. The Morgan fingerprint density at radius 1 is 1.54 bits per heavy atom. The third-order valence-electron chi connectivity index (χ3n) is 1.55. The van der Waals surface area contributed by atoms with Gasteiger partial charge in [-0.1, -0.05) is 32.1 Å². The van der Waals surface area contributed by atoms with Crippen LogP contribution < -0.4 is 0 Å². The maximum atomic E-state index is 10.4. The van der Waals surface area contributed by atoms with Crippen molar-refractivity contribution in [3.8, 4) is 0 Å². The Labute approximate surface area is 81.5 Å². The minimum absolute atomic E-state index is 0.189. The zero-order chi connectivity index (χ0) is 10.1. The van der Waals surface area contributed by atoms with Gasteiger partial charge in [0.05, 0.1) is 4.92 Å². The van der Waals surface area contributed by atoms with Crippen molar-refractivity contribution in [3.05, 3.63) is 27.1 Å². The van der Waals surface area contributed by atoms with Crippen LogP contribution in [0.1, 0.15) is 26.3 Å². The van der Waals surface area contributed by atoms with Crippen molar-refractivity contribution in [2.75, 3.05) is 0 Å². The average Bonchev–Trinajstić information content (AvgIpc) is 2.31. The van der Waals surface area contributed by atoms with Crippen molar-refractivity contribution in [1.29, 1.82) is 0 Å². The highest BCUT2D eigenvalue weighted by Gasteiger charge is 2.15. The quantitative estimate of drug-likeness (QED) is 0.542. The second-order valence-electron chi connectivity index (χ2n) is 4.29. The van der Waals surface area contributed by atoms with E-state index >= 15 is 0 Å². The fourth-order valence-electron chi connectivity index (χ4n) is 1.16. The van der Waals surface area contributed by atoms with E-state index in [1.807, 2.05) is 5.38 Å². The zero-order valence-corrected chi connectivity index (χ0v) is 8.85. The second-order valence-corrected chi connectivity index (χ2v) is 5.18. The number of nitro groups is 1. The smallest absolute Gasteiger partial charge is 0.258 e. The third kappa shape index (κ3) is 3.14. The highest BCUT2D eigenvalue weighted by molar-refractivity contribution is 7.13. The van der Waals surface area contributed by atoms with Gasteiger partial charge >= 0.3 is 5.00 Å². The molecule has 13 heavy (non-hydrogen) atoms. The van der Waals surface area contributed by atoms with Gasteiger partial charge in [-0.15, -0.1) is 0 Å². The van der Waals surface area contributed by atoms with Gasteiger partial charge in [0.25, 0.3) is 0 Å². The van der Waals surface area contributed by atoms with Crippen LogP contribution in [-0.4, -0.2) is 4.92 Å². The Bertz CT molecular complexity index is 312. The van der Waals surface area contributed by atoms with E-state index < -0.39 is 0 Å². The van der Waals surface area contributed by atoms with Crippen LogP contribution in [-0.2, 0) is 6.42 Å². The zero-order valence-electron chi connectivity index (χ0n) is 8.03. The molecule has 0 fully saturated rings. The monoisotopic (exact) mass is 199 g/mol. The summed E-state index contributed by atoms with van der Waals surface area (Å²) in [5.41, 5.74) is 1.25. The van der Waals surface area contributed by atoms with Crippen LogP contribution in [0.15, 0.2) is 11.4 Å². The first-order valence-electron chi connectivity index (χ1n) is 4.10. The molecule has 0 spiro atoms. The standard InChI is InChI=1S/C9H13NO2S/c1-9(2,3)5-7-4-8(10(11)12)13-6-7/h4,6H,5H2,1-3H3. The van der Waals surface area contributed by atoms with Gasteiger partial charge in [-0.25, -0.2) is 0 Å². The summed E-state index contributed by atoms with van der Waals surface area (Å²) >= 11 is 1.20. The predicted molar refractivity (Wildman–Crippen MR) is 54.1 cm³/mol. The SMILES string of the molecule is CC(C)(C)Cc1csc([N+](=O)[O-])c1. The lowest BCUT2D eigenvalue weighted by Crippen LogP contribution is -2.08. The molecule has 0 atom stereocenters. The van der Waals surface area contributed by atoms with Gasteiger partial charge in [-0.05, 0) is 17.4 Å². The number of hydrogen-bond acceptors (Lipinski definition) is 3. The van der Waals surface area contributed by atoms with Gasteiger partial charge in [0.15, 0.2) is 0 Å². The molecule has 0 amide bonds. The molecule has 0 bridgehead atoms. The molecule has 4 heteroatoms. The molecule has 0 N–H and O–H groups in total. The maximum absolute atomic E-state index is 10.4. The molecule has 0 aromatic carbocycles. The van der Waals surface area contributed by atoms with Crippen molar-refractivity contribution in [2.24, 2.45) is 5.41 Å². The lowest BCUT2D eigenvalue weighted by molar-refractivity contribution is -0.380. The van der Waals surface area contributed by atoms with E-state index in [4.69, 9.17) is 0 Å². The largest absolute Gasteiger partial charge is 0.324 e. The summed E-state index contributed by atoms with van der Waals surface area (Å²) in [6.45, 7) is 6.36. The van der Waals surface area contributed by atoms with E-state index in [-0.39, 0.29) is 15.3 Å². The molecule has 0 aliphatic rings.